The number of nitrogens with zero attached hydrogens (tertiary/aromatic N) is 3. The van der Waals surface area contributed by atoms with Crippen molar-refractivity contribution in [1.82, 2.24) is 14.8 Å². The lowest BCUT2D eigenvalue weighted by molar-refractivity contribution is 0.130. The van der Waals surface area contributed by atoms with Crippen molar-refractivity contribution in [2.75, 3.05) is 11.5 Å². The van der Waals surface area contributed by atoms with Crippen molar-refractivity contribution < 1.29 is 13.5 Å². The van der Waals surface area contributed by atoms with E-state index in [0.29, 0.717) is 24.5 Å². The average Bonchev–Trinajstić information content (AvgIpc) is 2.83. The molecule has 0 aliphatic carbocycles. The third-order valence-electron chi connectivity index (χ3n) is 3.69. The highest BCUT2D eigenvalue weighted by molar-refractivity contribution is 7.91. The van der Waals surface area contributed by atoms with E-state index >= 15 is 0 Å². The van der Waals surface area contributed by atoms with Gasteiger partial charge < -0.3 is 5.11 Å². The van der Waals surface area contributed by atoms with Gasteiger partial charge in [-0.2, -0.15) is 5.10 Å². The lowest BCUT2D eigenvalue weighted by Gasteiger charge is -2.16. The van der Waals surface area contributed by atoms with Gasteiger partial charge in [0, 0.05) is 13.0 Å². The first-order valence-corrected chi connectivity index (χ1v) is 8.18. The summed E-state index contributed by atoms with van der Waals surface area (Å²) in [5.74, 6) is 1.98. The number of rotatable bonds is 2. The first-order valence-electron chi connectivity index (χ1n) is 6.35. The standard InChI is InChI=1S/C11H17N3O3S/c15-9-2-1-4-14-11(9)12-10(13-14)6-8-3-5-18(16,17)7-8/h8-9,15H,1-7H2. The summed E-state index contributed by atoms with van der Waals surface area (Å²) in [5.41, 5.74) is 0. The number of aryl methyl sites for hydroxylation is 1. The third-order valence-corrected chi connectivity index (χ3v) is 5.52. The summed E-state index contributed by atoms with van der Waals surface area (Å²) in [7, 11) is -2.84. The normalized spacial score (nSPS) is 30.3. The van der Waals surface area contributed by atoms with Crippen molar-refractivity contribution in [2.45, 2.75) is 38.3 Å². The van der Waals surface area contributed by atoms with Crippen LogP contribution in [0.3, 0.4) is 0 Å². The molecule has 1 saturated heterocycles. The van der Waals surface area contributed by atoms with Gasteiger partial charge in [0.1, 0.15) is 6.10 Å². The van der Waals surface area contributed by atoms with Crippen LogP contribution in [0.5, 0.6) is 0 Å². The molecule has 6 nitrogen and oxygen atoms in total. The van der Waals surface area contributed by atoms with Crippen molar-refractivity contribution >= 4 is 9.84 Å². The van der Waals surface area contributed by atoms with E-state index in [-0.39, 0.29) is 17.4 Å². The van der Waals surface area contributed by atoms with E-state index in [1.165, 1.54) is 0 Å². The molecule has 1 aromatic heterocycles. The summed E-state index contributed by atoms with van der Waals surface area (Å²) in [6, 6.07) is 0. The molecule has 3 heterocycles. The largest absolute Gasteiger partial charge is 0.385 e. The highest BCUT2D eigenvalue weighted by Crippen LogP contribution is 2.25. The van der Waals surface area contributed by atoms with E-state index in [1.54, 1.807) is 4.68 Å². The molecule has 1 N–H and O–H groups in total. The van der Waals surface area contributed by atoms with Crippen molar-refractivity contribution in [1.29, 1.82) is 0 Å². The summed E-state index contributed by atoms with van der Waals surface area (Å²) < 4.78 is 24.5. The zero-order valence-corrected chi connectivity index (χ0v) is 10.9. The van der Waals surface area contributed by atoms with Crippen LogP contribution in [0.4, 0.5) is 0 Å². The molecule has 0 saturated carbocycles. The molecule has 1 fully saturated rings. The summed E-state index contributed by atoms with van der Waals surface area (Å²) >= 11 is 0. The Morgan fingerprint density at radius 2 is 2.22 bits per heavy atom. The maximum atomic E-state index is 11.4. The number of aliphatic hydroxyl groups excluding tert-OH is 1. The van der Waals surface area contributed by atoms with Gasteiger partial charge in [-0.15, -0.1) is 0 Å². The molecule has 0 aromatic carbocycles. The van der Waals surface area contributed by atoms with Crippen LogP contribution in [0.1, 0.15) is 37.0 Å². The molecule has 3 rings (SSSR count). The molecule has 2 aliphatic rings. The Morgan fingerprint density at radius 3 is 2.89 bits per heavy atom. The van der Waals surface area contributed by atoms with Crippen LogP contribution in [0.2, 0.25) is 0 Å². The highest BCUT2D eigenvalue weighted by atomic mass is 32.2. The summed E-state index contributed by atoms with van der Waals surface area (Å²) in [6.07, 6.45) is 2.43. The average molecular weight is 271 g/mol. The van der Waals surface area contributed by atoms with E-state index < -0.39 is 15.9 Å². The van der Waals surface area contributed by atoms with Crippen LogP contribution in [-0.2, 0) is 22.8 Å². The number of aliphatic hydroxyl groups is 1. The molecular weight excluding hydrogens is 254 g/mol. The Morgan fingerprint density at radius 1 is 1.39 bits per heavy atom. The molecule has 0 radical (unpaired) electrons. The van der Waals surface area contributed by atoms with E-state index in [0.717, 1.165) is 19.4 Å². The van der Waals surface area contributed by atoms with Crippen molar-refractivity contribution in [3.05, 3.63) is 11.6 Å². The fourth-order valence-electron chi connectivity index (χ4n) is 2.76. The minimum atomic E-state index is -2.84. The maximum absolute atomic E-state index is 11.4. The van der Waals surface area contributed by atoms with E-state index in [2.05, 4.69) is 10.1 Å². The van der Waals surface area contributed by atoms with E-state index in [1.807, 2.05) is 0 Å². The number of hydrogen-bond donors (Lipinski definition) is 1. The maximum Gasteiger partial charge on any atom is 0.156 e. The first-order chi connectivity index (χ1) is 8.53. The summed E-state index contributed by atoms with van der Waals surface area (Å²) in [5, 5.41) is 14.2. The van der Waals surface area contributed by atoms with Crippen molar-refractivity contribution in [2.24, 2.45) is 5.92 Å². The lowest BCUT2D eigenvalue weighted by Crippen LogP contribution is -2.16. The lowest BCUT2D eigenvalue weighted by atomic mass is 10.1. The van der Waals surface area contributed by atoms with Crippen LogP contribution in [0, 0.1) is 5.92 Å². The molecule has 0 amide bonds. The second-order valence-electron chi connectivity index (χ2n) is 5.24. The minimum absolute atomic E-state index is 0.136. The molecule has 0 spiro atoms. The quantitative estimate of drug-likeness (QED) is 0.823. The van der Waals surface area contributed by atoms with Gasteiger partial charge in [-0.25, -0.2) is 18.1 Å². The van der Waals surface area contributed by atoms with Crippen molar-refractivity contribution in [3.8, 4) is 0 Å². The number of fused-ring (bicyclic) bond motifs is 1. The first kappa shape index (κ1) is 12.1. The predicted molar refractivity (Wildman–Crippen MR) is 64.7 cm³/mol. The molecule has 0 bridgehead atoms. The molecule has 100 valence electrons. The van der Waals surface area contributed by atoms with E-state index in [4.69, 9.17) is 0 Å². The molecule has 2 unspecified atom stereocenters. The number of sulfone groups is 1. The number of aromatic nitrogens is 3. The highest BCUT2D eigenvalue weighted by Gasteiger charge is 2.30. The Bertz CT molecular complexity index is 552. The minimum Gasteiger partial charge on any atom is -0.385 e. The Labute approximate surface area is 106 Å². The molecule has 1 aromatic rings. The monoisotopic (exact) mass is 271 g/mol. The van der Waals surface area contributed by atoms with Gasteiger partial charge in [-0.1, -0.05) is 0 Å². The molecule has 18 heavy (non-hydrogen) atoms. The van der Waals surface area contributed by atoms with Gasteiger partial charge in [-0.05, 0) is 25.2 Å². The zero-order chi connectivity index (χ0) is 12.8. The topological polar surface area (TPSA) is 85.1 Å². The second kappa shape index (κ2) is 4.31. The van der Waals surface area contributed by atoms with Crippen molar-refractivity contribution in [3.63, 3.8) is 0 Å². The van der Waals surface area contributed by atoms with Crippen LogP contribution >= 0.6 is 0 Å². The predicted octanol–water partition coefficient (Wildman–Crippen LogP) is 0.0825. The van der Waals surface area contributed by atoms with Crippen LogP contribution in [0.25, 0.3) is 0 Å². The molecule has 7 heteroatoms. The Balaban J connectivity index is 1.74. The van der Waals surface area contributed by atoms with Gasteiger partial charge in [0.25, 0.3) is 0 Å². The van der Waals surface area contributed by atoms with Gasteiger partial charge >= 0.3 is 0 Å². The Hall–Kier alpha value is -0.950. The van der Waals surface area contributed by atoms with Crippen LogP contribution in [-0.4, -0.2) is 39.8 Å². The Kier molecular flexibility index (Phi) is 2.90. The zero-order valence-electron chi connectivity index (χ0n) is 10.1. The van der Waals surface area contributed by atoms with Gasteiger partial charge in [0.05, 0.1) is 11.5 Å². The van der Waals surface area contributed by atoms with Crippen LogP contribution < -0.4 is 0 Å². The molecule has 2 aliphatic heterocycles. The van der Waals surface area contributed by atoms with E-state index in [9.17, 15) is 13.5 Å². The SMILES string of the molecule is O=S1(=O)CCC(Cc2nc3n(n2)CCCC3O)C1. The summed E-state index contributed by atoms with van der Waals surface area (Å²) in [6.45, 7) is 0.794. The van der Waals surface area contributed by atoms with Gasteiger partial charge in [-0.3, -0.25) is 0 Å². The fourth-order valence-corrected chi connectivity index (χ4v) is 4.62. The van der Waals surface area contributed by atoms with Crippen LogP contribution in [0.15, 0.2) is 0 Å². The summed E-state index contributed by atoms with van der Waals surface area (Å²) in [4.78, 5) is 4.35. The molecular formula is C11H17N3O3S. The van der Waals surface area contributed by atoms with Gasteiger partial charge in [0.2, 0.25) is 0 Å². The third kappa shape index (κ3) is 2.29. The second-order valence-corrected chi connectivity index (χ2v) is 7.47. The fraction of sp³-hybridized carbons (Fsp3) is 0.818. The van der Waals surface area contributed by atoms with Gasteiger partial charge in [0.15, 0.2) is 21.5 Å². The smallest absolute Gasteiger partial charge is 0.156 e. The number of hydrogen-bond acceptors (Lipinski definition) is 5. The molecule has 2 atom stereocenters.